The van der Waals surface area contributed by atoms with Gasteiger partial charge in [0.1, 0.15) is 11.9 Å². The highest BCUT2D eigenvalue weighted by molar-refractivity contribution is 9.10. The zero-order chi connectivity index (χ0) is 21.7. The van der Waals surface area contributed by atoms with Crippen LogP contribution in [0, 0.1) is 11.8 Å². The monoisotopic (exact) mass is 474 g/mol. The SMILES string of the molecule is C=C(N[C@H](C(=O)N[C@H](c1ncc(-c2ccc(Br)cc2)[nH]1)C1CCCC1)C(C)C)OC. The smallest absolute Gasteiger partial charge is 0.243 e. The molecule has 1 aromatic heterocycles. The number of carbonyl (C=O) groups is 1. The van der Waals surface area contributed by atoms with E-state index < -0.39 is 6.04 Å². The van der Waals surface area contributed by atoms with E-state index in [1.165, 1.54) is 12.8 Å². The summed E-state index contributed by atoms with van der Waals surface area (Å²) in [5.74, 6) is 1.58. The molecule has 0 bridgehead atoms. The zero-order valence-corrected chi connectivity index (χ0v) is 19.5. The molecule has 0 spiro atoms. The molecule has 6 nitrogen and oxygen atoms in total. The fourth-order valence-corrected chi connectivity index (χ4v) is 4.25. The van der Waals surface area contributed by atoms with Crippen molar-refractivity contribution in [2.24, 2.45) is 11.8 Å². The van der Waals surface area contributed by atoms with Crippen LogP contribution in [0.1, 0.15) is 51.4 Å². The molecule has 1 aromatic carbocycles. The summed E-state index contributed by atoms with van der Waals surface area (Å²) in [5.41, 5.74) is 2.01. The Balaban J connectivity index is 1.82. The van der Waals surface area contributed by atoms with Crippen LogP contribution in [-0.4, -0.2) is 29.0 Å². The van der Waals surface area contributed by atoms with Crippen molar-refractivity contribution < 1.29 is 9.53 Å². The van der Waals surface area contributed by atoms with Gasteiger partial charge in [0.25, 0.3) is 0 Å². The highest BCUT2D eigenvalue weighted by Gasteiger charge is 2.33. The number of ether oxygens (including phenoxy) is 1. The minimum Gasteiger partial charge on any atom is -0.483 e. The van der Waals surface area contributed by atoms with Crippen molar-refractivity contribution in [1.82, 2.24) is 20.6 Å². The Bertz CT molecular complexity index is 856. The first-order chi connectivity index (χ1) is 14.4. The fourth-order valence-electron chi connectivity index (χ4n) is 3.98. The van der Waals surface area contributed by atoms with Crippen molar-refractivity contribution in [3.8, 4) is 11.3 Å². The number of nitrogens with one attached hydrogen (secondary N) is 3. The molecule has 1 aliphatic carbocycles. The average Bonchev–Trinajstić information content (AvgIpc) is 3.42. The molecule has 1 amide bonds. The van der Waals surface area contributed by atoms with Crippen LogP contribution in [0.5, 0.6) is 0 Å². The molecule has 162 valence electrons. The molecule has 1 fully saturated rings. The third-order valence-corrected chi connectivity index (χ3v) is 6.25. The first-order valence-electron chi connectivity index (χ1n) is 10.5. The molecule has 30 heavy (non-hydrogen) atoms. The molecule has 1 heterocycles. The Kier molecular flexibility index (Phi) is 7.58. The van der Waals surface area contributed by atoms with Gasteiger partial charge in [0, 0.05) is 4.47 Å². The lowest BCUT2D eigenvalue weighted by molar-refractivity contribution is -0.125. The van der Waals surface area contributed by atoms with Gasteiger partial charge >= 0.3 is 0 Å². The number of H-pyrrole nitrogens is 1. The molecular weight excluding hydrogens is 444 g/mol. The van der Waals surface area contributed by atoms with Crippen LogP contribution in [0.2, 0.25) is 0 Å². The molecule has 0 unspecified atom stereocenters. The molecule has 0 saturated heterocycles. The standard InChI is InChI=1S/C23H31BrN4O2/c1-14(2)20(26-15(3)30-4)23(29)28-21(17-7-5-6-8-17)22-25-13-19(27-22)16-9-11-18(24)12-10-16/h9-14,17,20-21,26H,3,5-8H2,1-2,4H3,(H,25,27)(H,28,29)/t20-,21-/m0/s1. The molecule has 0 aliphatic heterocycles. The second kappa shape index (κ2) is 10.2. The normalized spacial score (nSPS) is 16.3. The first kappa shape index (κ1) is 22.4. The average molecular weight is 475 g/mol. The maximum atomic E-state index is 13.2. The van der Waals surface area contributed by atoms with Gasteiger partial charge in [-0.3, -0.25) is 4.79 Å². The molecule has 3 N–H and O–H groups in total. The zero-order valence-electron chi connectivity index (χ0n) is 17.9. The number of aromatic nitrogens is 2. The Labute approximate surface area is 187 Å². The molecule has 2 atom stereocenters. The van der Waals surface area contributed by atoms with Gasteiger partial charge in [-0.1, -0.05) is 54.8 Å². The van der Waals surface area contributed by atoms with Gasteiger partial charge < -0.3 is 20.4 Å². The van der Waals surface area contributed by atoms with Gasteiger partial charge in [-0.25, -0.2) is 4.98 Å². The third-order valence-electron chi connectivity index (χ3n) is 5.73. The summed E-state index contributed by atoms with van der Waals surface area (Å²) < 4.78 is 6.16. The number of nitrogens with zero attached hydrogens (tertiary/aromatic N) is 1. The van der Waals surface area contributed by atoms with Crippen molar-refractivity contribution in [3.05, 3.63) is 53.2 Å². The summed E-state index contributed by atoms with van der Waals surface area (Å²) in [7, 11) is 1.54. The van der Waals surface area contributed by atoms with Gasteiger partial charge in [0.15, 0.2) is 5.88 Å². The summed E-state index contributed by atoms with van der Waals surface area (Å²) in [6, 6.07) is 7.52. The minimum atomic E-state index is -0.428. The van der Waals surface area contributed by atoms with E-state index in [2.05, 4.69) is 43.1 Å². The summed E-state index contributed by atoms with van der Waals surface area (Å²) in [5, 5.41) is 6.35. The Morgan fingerprint density at radius 3 is 2.50 bits per heavy atom. The van der Waals surface area contributed by atoms with Crippen LogP contribution in [0.3, 0.4) is 0 Å². The predicted octanol–water partition coefficient (Wildman–Crippen LogP) is 4.92. The lowest BCUT2D eigenvalue weighted by atomic mass is 9.96. The second-order valence-electron chi connectivity index (χ2n) is 8.21. The van der Waals surface area contributed by atoms with Gasteiger partial charge in [-0.05, 0) is 49.0 Å². The van der Waals surface area contributed by atoms with E-state index in [9.17, 15) is 4.79 Å². The van der Waals surface area contributed by atoms with Crippen molar-refractivity contribution in [2.75, 3.05) is 7.11 Å². The van der Waals surface area contributed by atoms with E-state index in [1.807, 2.05) is 44.3 Å². The lowest BCUT2D eigenvalue weighted by Gasteiger charge is -2.28. The minimum absolute atomic E-state index is 0.0679. The van der Waals surface area contributed by atoms with E-state index in [1.54, 1.807) is 7.11 Å². The van der Waals surface area contributed by atoms with Crippen LogP contribution in [-0.2, 0) is 9.53 Å². The van der Waals surface area contributed by atoms with Gasteiger partial charge in [-0.15, -0.1) is 0 Å². The van der Waals surface area contributed by atoms with Crippen LogP contribution < -0.4 is 10.6 Å². The highest BCUT2D eigenvalue weighted by atomic mass is 79.9. The molecular formula is C23H31BrN4O2. The topological polar surface area (TPSA) is 79.0 Å². The third kappa shape index (κ3) is 5.45. The Morgan fingerprint density at radius 1 is 1.23 bits per heavy atom. The van der Waals surface area contributed by atoms with E-state index >= 15 is 0 Å². The van der Waals surface area contributed by atoms with E-state index in [4.69, 9.17) is 4.74 Å². The Morgan fingerprint density at radius 2 is 1.90 bits per heavy atom. The number of methoxy groups -OCH3 is 1. The van der Waals surface area contributed by atoms with Crippen molar-refractivity contribution >= 4 is 21.8 Å². The van der Waals surface area contributed by atoms with Gasteiger partial charge in [-0.2, -0.15) is 0 Å². The number of rotatable bonds is 9. The lowest BCUT2D eigenvalue weighted by Crippen LogP contribution is -2.49. The summed E-state index contributed by atoms with van der Waals surface area (Å²) in [6.45, 7) is 7.81. The fraction of sp³-hybridized carbons (Fsp3) is 0.478. The molecule has 1 saturated carbocycles. The van der Waals surface area contributed by atoms with E-state index in [0.717, 1.165) is 34.4 Å². The van der Waals surface area contributed by atoms with E-state index in [-0.39, 0.29) is 17.9 Å². The summed E-state index contributed by atoms with van der Waals surface area (Å²) in [6.07, 6.45) is 6.39. The van der Waals surface area contributed by atoms with Crippen LogP contribution in [0.4, 0.5) is 0 Å². The van der Waals surface area contributed by atoms with Crippen molar-refractivity contribution in [3.63, 3.8) is 0 Å². The predicted molar refractivity (Wildman–Crippen MR) is 122 cm³/mol. The number of hydrogen-bond donors (Lipinski definition) is 3. The maximum absolute atomic E-state index is 13.2. The van der Waals surface area contributed by atoms with Gasteiger partial charge in [0.05, 0.1) is 25.0 Å². The molecule has 1 aliphatic rings. The number of hydrogen-bond acceptors (Lipinski definition) is 4. The highest BCUT2D eigenvalue weighted by Crippen LogP contribution is 2.35. The molecule has 0 radical (unpaired) electrons. The maximum Gasteiger partial charge on any atom is 0.243 e. The number of halogens is 1. The first-order valence-corrected chi connectivity index (χ1v) is 11.3. The summed E-state index contributed by atoms with van der Waals surface area (Å²) >= 11 is 3.47. The molecule has 2 aromatic rings. The van der Waals surface area contributed by atoms with Crippen molar-refractivity contribution in [2.45, 2.75) is 51.6 Å². The number of aromatic amines is 1. The van der Waals surface area contributed by atoms with Crippen LogP contribution >= 0.6 is 15.9 Å². The largest absolute Gasteiger partial charge is 0.483 e. The number of benzene rings is 1. The van der Waals surface area contributed by atoms with E-state index in [0.29, 0.717) is 11.8 Å². The molecule has 7 heteroatoms. The Hall–Kier alpha value is -2.28. The second-order valence-corrected chi connectivity index (χ2v) is 9.13. The summed E-state index contributed by atoms with van der Waals surface area (Å²) in [4.78, 5) is 21.3. The van der Waals surface area contributed by atoms with Crippen LogP contribution in [0.25, 0.3) is 11.3 Å². The number of carbonyl (C=O) groups excluding carboxylic acids is 1. The van der Waals surface area contributed by atoms with Gasteiger partial charge in [0.2, 0.25) is 5.91 Å². The quantitative estimate of drug-likeness (QED) is 0.450. The molecule has 3 rings (SSSR count). The number of amides is 1. The van der Waals surface area contributed by atoms with Crippen molar-refractivity contribution in [1.29, 1.82) is 0 Å². The number of imidazole rings is 1. The van der Waals surface area contributed by atoms with Crippen LogP contribution in [0.15, 0.2) is 47.4 Å².